The largest absolute Gasteiger partial charge is 0.478 e. The molecule has 98 valence electrons. The van der Waals surface area contributed by atoms with E-state index in [9.17, 15) is 18.4 Å². The SMILES string of the molecule is O=C(O)c1ccoc1C(=O)Nc1ccc(F)cc1F. The van der Waals surface area contributed by atoms with Gasteiger partial charge in [-0.1, -0.05) is 0 Å². The second-order valence-corrected chi connectivity index (χ2v) is 3.55. The van der Waals surface area contributed by atoms with Crippen LogP contribution in [0.5, 0.6) is 0 Å². The molecule has 1 aromatic heterocycles. The molecule has 0 fully saturated rings. The van der Waals surface area contributed by atoms with Gasteiger partial charge in [-0.25, -0.2) is 13.6 Å². The molecule has 1 heterocycles. The molecule has 1 aromatic carbocycles. The lowest BCUT2D eigenvalue weighted by atomic mass is 10.2. The Labute approximate surface area is 105 Å². The lowest BCUT2D eigenvalue weighted by molar-refractivity contribution is 0.0690. The van der Waals surface area contributed by atoms with Gasteiger partial charge in [0.15, 0.2) is 0 Å². The number of carboxylic acids is 1. The van der Waals surface area contributed by atoms with Crippen molar-refractivity contribution in [3.63, 3.8) is 0 Å². The van der Waals surface area contributed by atoms with Gasteiger partial charge in [-0.3, -0.25) is 4.79 Å². The number of carbonyl (C=O) groups excluding carboxylic acids is 1. The maximum absolute atomic E-state index is 13.3. The number of aromatic carboxylic acids is 1. The van der Waals surface area contributed by atoms with E-state index in [-0.39, 0.29) is 11.3 Å². The van der Waals surface area contributed by atoms with Crippen molar-refractivity contribution in [2.45, 2.75) is 0 Å². The molecule has 2 aromatic rings. The van der Waals surface area contributed by atoms with Crippen LogP contribution in [-0.4, -0.2) is 17.0 Å². The molecule has 0 aliphatic rings. The molecule has 2 N–H and O–H groups in total. The van der Waals surface area contributed by atoms with Crippen molar-refractivity contribution >= 4 is 17.6 Å². The van der Waals surface area contributed by atoms with Gasteiger partial charge in [0.25, 0.3) is 5.91 Å². The highest BCUT2D eigenvalue weighted by atomic mass is 19.1. The zero-order valence-corrected chi connectivity index (χ0v) is 9.31. The Balaban J connectivity index is 2.26. The summed E-state index contributed by atoms with van der Waals surface area (Å²) in [7, 11) is 0. The first-order valence-electron chi connectivity index (χ1n) is 5.06. The summed E-state index contributed by atoms with van der Waals surface area (Å²) >= 11 is 0. The summed E-state index contributed by atoms with van der Waals surface area (Å²) in [4.78, 5) is 22.5. The molecular formula is C12H7F2NO4. The fraction of sp³-hybridized carbons (Fsp3) is 0. The monoisotopic (exact) mass is 267 g/mol. The van der Waals surface area contributed by atoms with Crippen LogP contribution < -0.4 is 5.32 Å². The maximum atomic E-state index is 13.3. The van der Waals surface area contributed by atoms with Crippen LogP contribution in [0.1, 0.15) is 20.9 Å². The zero-order chi connectivity index (χ0) is 14.0. The Kier molecular flexibility index (Phi) is 3.28. The third kappa shape index (κ3) is 2.59. The first-order chi connectivity index (χ1) is 8.99. The summed E-state index contributed by atoms with van der Waals surface area (Å²) in [5.74, 6) is -4.51. The van der Waals surface area contributed by atoms with Crippen molar-refractivity contribution in [2.75, 3.05) is 5.32 Å². The highest BCUT2D eigenvalue weighted by Gasteiger charge is 2.21. The molecule has 0 saturated carbocycles. The number of carbonyl (C=O) groups is 2. The summed E-state index contributed by atoms with van der Waals surface area (Å²) < 4.78 is 30.7. The number of furan rings is 1. The van der Waals surface area contributed by atoms with Crippen LogP contribution in [0.25, 0.3) is 0 Å². The van der Waals surface area contributed by atoms with Crippen LogP contribution in [0.4, 0.5) is 14.5 Å². The summed E-state index contributed by atoms with van der Waals surface area (Å²) in [5, 5.41) is 10.9. The lowest BCUT2D eigenvalue weighted by Gasteiger charge is -2.05. The van der Waals surface area contributed by atoms with E-state index in [2.05, 4.69) is 5.32 Å². The summed E-state index contributed by atoms with van der Waals surface area (Å²) in [6.07, 6.45) is 1.03. The van der Waals surface area contributed by atoms with Crippen molar-refractivity contribution in [3.05, 3.63) is 53.5 Å². The number of halogens is 2. The number of anilines is 1. The number of benzene rings is 1. The fourth-order valence-electron chi connectivity index (χ4n) is 1.42. The molecule has 19 heavy (non-hydrogen) atoms. The summed E-state index contributed by atoms with van der Waals surface area (Å²) in [5.41, 5.74) is -0.626. The second kappa shape index (κ2) is 4.89. The quantitative estimate of drug-likeness (QED) is 0.895. The second-order valence-electron chi connectivity index (χ2n) is 3.55. The Morgan fingerprint density at radius 2 is 1.95 bits per heavy atom. The third-order valence-electron chi connectivity index (χ3n) is 2.28. The van der Waals surface area contributed by atoms with Crippen LogP contribution in [0.3, 0.4) is 0 Å². The maximum Gasteiger partial charge on any atom is 0.339 e. The highest BCUT2D eigenvalue weighted by Crippen LogP contribution is 2.18. The van der Waals surface area contributed by atoms with Crippen molar-refractivity contribution in [1.29, 1.82) is 0 Å². The number of rotatable bonds is 3. The van der Waals surface area contributed by atoms with Crippen LogP contribution in [-0.2, 0) is 0 Å². The Hall–Kier alpha value is -2.70. The van der Waals surface area contributed by atoms with Gasteiger partial charge < -0.3 is 14.8 Å². The molecule has 1 amide bonds. The average molecular weight is 267 g/mol. The van der Waals surface area contributed by atoms with Crippen LogP contribution in [0.2, 0.25) is 0 Å². The Morgan fingerprint density at radius 3 is 2.58 bits per heavy atom. The van der Waals surface area contributed by atoms with E-state index >= 15 is 0 Å². The van der Waals surface area contributed by atoms with E-state index in [1.807, 2.05) is 0 Å². The first-order valence-corrected chi connectivity index (χ1v) is 5.06. The summed E-state index contributed by atoms with van der Waals surface area (Å²) in [6.45, 7) is 0. The third-order valence-corrected chi connectivity index (χ3v) is 2.28. The normalized spacial score (nSPS) is 10.2. The van der Waals surface area contributed by atoms with E-state index in [1.54, 1.807) is 0 Å². The minimum Gasteiger partial charge on any atom is -0.478 e. The van der Waals surface area contributed by atoms with E-state index in [1.165, 1.54) is 0 Å². The topological polar surface area (TPSA) is 79.5 Å². The Morgan fingerprint density at radius 1 is 1.21 bits per heavy atom. The van der Waals surface area contributed by atoms with E-state index < -0.39 is 29.3 Å². The van der Waals surface area contributed by atoms with Crippen LogP contribution >= 0.6 is 0 Å². The fourth-order valence-corrected chi connectivity index (χ4v) is 1.42. The minimum absolute atomic E-state index is 0.279. The van der Waals surface area contributed by atoms with Gasteiger partial charge in [0, 0.05) is 6.07 Å². The van der Waals surface area contributed by atoms with Crippen molar-refractivity contribution < 1.29 is 27.9 Å². The molecule has 7 heteroatoms. The number of amides is 1. The molecule has 2 rings (SSSR count). The van der Waals surface area contributed by atoms with Gasteiger partial charge in [0.05, 0.1) is 12.0 Å². The Bertz CT molecular complexity index is 651. The molecule has 0 spiro atoms. The van der Waals surface area contributed by atoms with Crippen LogP contribution in [0.15, 0.2) is 34.9 Å². The van der Waals surface area contributed by atoms with Crippen molar-refractivity contribution in [3.8, 4) is 0 Å². The zero-order valence-electron chi connectivity index (χ0n) is 9.31. The minimum atomic E-state index is -1.35. The van der Waals surface area contributed by atoms with Crippen molar-refractivity contribution in [2.24, 2.45) is 0 Å². The molecule has 0 atom stereocenters. The molecular weight excluding hydrogens is 260 g/mol. The standard InChI is InChI=1S/C12H7F2NO4/c13-6-1-2-9(8(14)5-6)15-11(16)10-7(12(17)18)3-4-19-10/h1-5H,(H,15,16)(H,17,18). The van der Waals surface area contributed by atoms with Gasteiger partial charge in [0.1, 0.15) is 17.2 Å². The number of hydrogen-bond acceptors (Lipinski definition) is 3. The number of nitrogens with one attached hydrogen (secondary N) is 1. The first kappa shape index (κ1) is 12.7. The predicted octanol–water partition coefficient (Wildman–Crippen LogP) is 2.51. The van der Waals surface area contributed by atoms with E-state index in [0.29, 0.717) is 6.07 Å². The van der Waals surface area contributed by atoms with Gasteiger partial charge in [-0.05, 0) is 18.2 Å². The van der Waals surface area contributed by atoms with Gasteiger partial charge in [-0.2, -0.15) is 0 Å². The summed E-state index contributed by atoms with van der Waals surface area (Å²) in [6, 6.07) is 3.67. The number of hydrogen-bond donors (Lipinski definition) is 2. The lowest BCUT2D eigenvalue weighted by Crippen LogP contribution is -2.15. The predicted molar refractivity (Wildman–Crippen MR) is 60.0 cm³/mol. The van der Waals surface area contributed by atoms with Crippen molar-refractivity contribution in [1.82, 2.24) is 0 Å². The van der Waals surface area contributed by atoms with Gasteiger partial charge >= 0.3 is 5.97 Å². The molecule has 0 saturated heterocycles. The smallest absolute Gasteiger partial charge is 0.339 e. The van der Waals surface area contributed by atoms with E-state index in [4.69, 9.17) is 9.52 Å². The van der Waals surface area contributed by atoms with Gasteiger partial charge in [0.2, 0.25) is 5.76 Å². The average Bonchev–Trinajstić information content (AvgIpc) is 2.82. The molecule has 0 unspecified atom stereocenters. The van der Waals surface area contributed by atoms with Gasteiger partial charge in [-0.15, -0.1) is 0 Å². The molecule has 0 aliphatic carbocycles. The highest BCUT2D eigenvalue weighted by molar-refractivity contribution is 6.08. The van der Waals surface area contributed by atoms with Crippen LogP contribution in [0, 0.1) is 11.6 Å². The molecule has 0 aliphatic heterocycles. The molecule has 0 bridgehead atoms. The van der Waals surface area contributed by atoms with E-state index in [0.717, 1.165) is 24.5 Å². The molecule has 5 nitrogen and oxygen atoms in total. The molecule has 0 radical (unpaired) electrons. The number of carboxylic acid groups (broad SMARTS) is 1.